The summed E-state index contributed by atoms with van der Waals surface area (Å²) in [5.41, 5.74) is 3.17. The Labute approximate surface area is 140 Å². The number of hydrogen-bond donors (Lipinski definition) is 1. The smallest absolute Gasteiger partial charge is 0.280 e. The van der Waals surface area contributed by atoms with Gasteiger partial charge in [0.25, 0.3) is 17.7 Å². The van der Waals surface area contributed by atoms with Crippen LogP contribution in [0, 0.1) is 0 Å². The molecule has 0 unspecified atom stereocenters. The van der Waals surface area contributed by atoms with Crippen molar-refractivity contribution in [3.63, 3.8) is 0 Å². The van der Waals surface area contributed by atoms with Crippen LogP contribution in [0.2, 0.25) is 0 Å². The molecule has 7 heteroatoms. The molecule has 2 aromatic carbocycles. The van der Waals surface area contributed by atoms with E-state index in [1.54, 1.807) is 36.4 Å². The second-order valence-corrected chi connectivity index (χ2v) is 5.64. The van der Waals surface area contributed by atoms with E-state index in [4.69, 9.17) is 4.74 Å². The van der Waals surface area contributed by atoms with Gasteiger partial charge in [0, 0.05) is 5.56 Å². The van der Waals surface area contributed by atoms with Gasteiger partial charge < -0.3 is 4.74 Å². The fourth-order valence-corrected chi connectivity index (χ4v) is 2.81. The van der Waals surface area contributed by atoms with Crippen molar-refractivity contribution in [1.29, 1.82) is 0 Å². The van der Waals surface area contributed by atoms with Gasteiger partial charge in [-0.3, -0.25) is 19.8 Å². The van der Waals surface area contributed by atoms with Crippen LogP contribution in [0.15, 0.2) is 46.9 Å². The molecule has 1 N–H and O–H groups in total. The maximum absolute atomic E-state index is 12.3. The van der Waals surface area contributed by atoms with Gasteiger partial charge in [0.15, 0.2) is 0 Å². The maximum atomic E-state index is 12.3. The number of amides is 3. The Morgan fingerprint density at radius 1 is 1.09 bits per heavy atom. The highest BCUT2D eigenvalue weighted by Gasteiger charge is 2.36. The van der Waals surface area contributed by atoms with Crippen LogP contribution in [-0.2, 0) is 0 Å². The number of ether oxygens (including phenoxy) is 1. The quantitative estimate of drug-likeness (QED) is 0.836. The van der Waals surface area contributed by atoms with E-state index < -0.39 is 17.7 Å². The first kappa shape index (κ1) is 15.2. The van der Waals surface area contributed by atoms with Gasteiger partial charge in [0.1, 0.15) is 5.75 Å². The summed E-state index contributed by atoms with van der Waals surface area (Å²) >= 11 is 3.28. The largest absolute Gasteiger partial charge is 0.496 e. The molecule has 0 aliphatic carbocycles. The first-order valence-electron chi connectivity index (χ1n) is 6.65. The van der Waals surface area contributed by atoms with Gasteiger partial charge in [-0.25, -0.2) is 0 Å². The number of hydrogen-bond acceptors (Lipinski definition) is 4. The molecule has 3 rings (SSSR count). The number of carbonyl (C=O) groups excluding carboxylic acids is 3. The molecular formula is C16H11BrN2O4. The van der Waals surface area contributed by atoms with Crippen molar-refractivity contribution in [3.8, 4) is 5.75 Å². The molecule has 0 radical (unpaired) electrons. The number of hydrazine groups is 1. The van der Waals surface area contributed by atoms with E-state index in [-0.39, 0.29) is 16.7 Å². The van der Waals surface area contributed by atoms with Crippen molar-refractivity contribution < 1.29 is 19.1 Å². The summed E-state index contributed by atoms with van der Waals surface area (Å²) in [4.78, 5) is 36.7. The van der Waals surface area contributed by atoms with Gasteiger partial charge in [-0.2, -0.15) is 5.01 Å². The fraction of sp³-hybridized carbons (Fsp3) is 0.0625. The molecule has 1 aliphatic rings. The molecule has 1 aliphatic heterocycles. The van der Waals surface area contributed by atoms with Crippen LogP contribution in [-0.4, -0.2) is 29.8 Å². The number of fused-ring (bicyclic) bond motifs is 1. The lowest BCUT2D eigenvalue weighted by atomic mass is 10.1. The highest BCUT2D eigenvalue weighted by atomic mass is 79.9. The van der Waals surface area contributed by atoms with E-state index in [1.807, 2.05) is 0 Å². The molecule has 0 atom stereocenters. The summed E-state index contributed by atoms with van der Waals surface area (Å²) in [5.74, 6) is -1.09. The molecule has 116 valence electrons. The number of carbonyl (C=O) groups is 3. The van der Waals surface area contributed by atoms with Crippen molar-refractivity contribution in [2.45, 2.75) is 0 Å². The number of methoxy groups -OCH3 is 1. The fourth-order valence-electron chi connectivity index (χ4n) is 2.26. The number of imide groups is 1. The molecule has 23 heavy (non-hydrogen) atoms. The molecule has 0 aromatic heterocycles. The molecule has 0 bridgehead atoms. The lowest BCUT2D eigenvalue weighted by Crippen LogP contribution is -2.45. The molecule has 1 heterocycles. The zero-order chi connectivity index (χ0) is 16.6. The lowest BCUT2D eigenvalue weighted by Gasteiger charge is -2.15. The Hall–Kier alpha value is -2.67. The zero-order valence-corrected chi connectivity index (χ0v) is 13.6. The summed E-state index contributed by atoms with van der Waals surface area (Å²) in [7, 11) is 1.51. The monoisotopic (exact) mass is 374 g/mol. The van der Waals surface area contributed by atoms with Crippen molar-refractivity contribution in [1.82, 2.24) is 10.4 Å². The summed E-state index contributed by atoms with van der Waals surface area (Å²) in [6.07, 6.45) is 0. The summed E-state index contributed by atoms with van der Waals surface area (Å²) in [6, 6.07) is 11.1. The topological polar surface area (TPSA) is 75.7 Å². The highest BCUT2D eigenvalue weighted by Crippen LogP contribution is 2.26. The molecule has 2 aromatic rings. The SMILES string of the molecule is COc1ccc(C(=O)NN2C(=O)c3ccccc3C2=O)cc1Br. The molecule has 6 nitrogen and oxygen atoms in total. The number of rotatable bonds is 3. The predicted octanol–water partition coefficient (Wildman–Crippen LogP) is 2.40. The predicted molar refractivity (Wildman–Crippen MR) is 85.1 cm³/mol. The number of nitrogens with zero attached hydrogens (tertiary/aromatic N) is 1. The van der Waals surface area contributed by atoms with Gasteiger partial charge >= 0.3 is 0 Å². The second-order valence-electron chi connectivity index (χ2n) is 4.78. The lowest BCUT2D eigenvalue weighted by molar-refractivity contribution is 0.0518. The third-order valence-corrected chi connectivity index (χ3v) is 4.04. The van der Waals surface area contributed by atoms with E-state index >= 15 is 0 Å². The van der Waals surface area contributed by atoms with Crippen LogP contribution in [0.4, 0.5) is 0 Å². The third-order valence-electron chi connectivity index (χ3n) is 3.42. The van der Waals surface area contributed by atoms with Crippen molar-refractivity contribution in [2.24, 2.45) is 0 Å². The highest BCUT2D eigenvalue weighted by molar-refractivity contribution is 9.10. The van der Waals surface area contributed by atoms with Crippen LogP contribution >= 0.6 is 15.9 Å². The van der Waals surface area contributed by atoms with Crippen molar-refractivity contribution >= 4 is 33.7 Å². The van der Waals surface area contributed by atoms with E-state index in [9.17, 15) is 14.4 Å². The Morgan fingerprint density at radius 2 is 1.70 bits per heavy atom. The van der Waals surface area contributed by atoms with Gasteiger partial charge in [-0.15, -0.1) is 0 Å². The standard InChI is InChI=1S/C16H11BrN2O4/c1-23-13-7-6-9(8-12(13)17)14(20)18-19-15(21)10-4-2-3-5-11(10)16(19)22/h2-8H,1H3,(H,18,20). The molecule has 0 fully saturated rings. The van der Waals surface area contributed by atoms with Gasteiger partial charge in [0.2, 0.25) is 0 Å². The van der Waals surface area contributed by atoms with E-state index in [1.165, 1.54) is 13.2 Å². The Morgan fingerprint density at radius 3 is 2.22 bits per heavy atom. The minimum Gasteiger partial charge on any atom is -0.496 e. The van der Waals surface area contributed by atoms with Crippen molar-refractivity contribution in [2.75, 3.05) is 7.11 Å². The first-order chi connectivity index (χ1) is 11.0. The number of nitrogens with one attached hydrogen (secondary N) is 1. The molecule has 3 amide bonds. The van der Waals surface area contributed by atoms with Crippen LogP contribution in [0.25, 0.3) is 0 Å². The van der Waals surface area contributed by atoms with Crippen LogP contribution < -0.4 is 10.2 Å². The van der Waals surface area contributed by atoms with Gasteiger partial charge in [-0.05, 0) is 46.3 Å². The average molecular weight is 375 g/mol. The Balaban J connectivity index is 1.83. The van der Waals surface area contributed by atoms with E-state index in [0.717, 1.165) is 5.01 Å². The summed E-state index contributed by atoms with van der Waals surface area (Å²) < 4.78 is 5.68. The minimum atomic E-state index is -0.567. The summed E-state index contributed by atoms with van der Waals surface area (Å²) in [6.45, 7) is 0. The normalized spacial score (nSPS) is 13.0. The Bertz CT molecular complexity index is 800. The average Bonchev–Trinajstić information content (AvgIpc) is 2.80. The minimum absolute atomic E-state index is 0.272. The third kappa shape index (κ3) is 2.59. The van der Waals surface area contributed by atoms with Crippen LogP contribution in [0.5, 0.6) is 5.75 Å². The Kier molecular flexibility index (Phi) is 3.87. The van der Waals surface area contributed by atoms with Crippen LogP contribution in [0.3, 0.4) is 0 Å². The van der Waals surface area contributed by atoms with E-state index in [2.05, 4.69) is 21.4 Å². The maximum Gasteiger partial charge on any atom is 0.280 e. The first-order valence-corrected chi connectivity index (χ1v) is 7.44. The van der Waals surface area contributed by atoms with Gasteiger partial charge in [-0.1, -0.05) is 12.1 Å². The number of halogens is 1. The van der Waals surface area contributed by atoms with Crippen molar-refractivity contribution in [3.05, 3.63) is 63.6 Å². The molecule has 0 spiro atoms. The molecule has 0 saturated carbocycles. The number of benzene rings is 2. The molecule has 0 saturated heterocycles. The van der Waals surface area contributed by atoms with Gasteiger partial charge in [0.05, 0.1) is 22.7 Å². The second kappa shape index (κ2) is 5.85. The summed E-state index contributed by atoms with van der Waals surface area (Å²) in [5, 5.41) is 0.727. The molecular weight excluding hydrogens is 364 g/mol. The van der Waals surface area contributed by atoms with Crippen LogP contribution in [0.1, 0.15) is 31.1 Å². The van der Waals surface area contributed by atoms with E-state index in [0.29, 0.717) is 10.2 Å². The zero-order valence-electron chi connectivity index (χ0n) is 12.0.